The minimum atomic E-state index is 0. The van der Waals surface area contributed by atoms with Crippen LogP contribution in [-0.4, -0.2) is 0 Å². The van der Waals surface area contributed by atoms with Crippen LogP contribution in [-0.2, 0) is 0 Å². The summed E-state index contributed by atoms with van der Waals surface area (Å²) >= 11 is 0. The van der Waals surface area contributed by atoms with Crippen molar-refractivity contribution in [3.63, 3.8) is 0 Å². The average Bonchev–Trinajstić information content (AvgIpc) is 2.16. The molecule has 0 bridgehead atoms. The van der Waals surface area contributed by atoms with Gasteiger partial charge in [0.05, 0.1) is 0 Å². The van der Waals surface area contributed by atoms with E-state index in [0.717, 1.165) is 17.8 Å². The molecule has 0 aromatic heterocycles. The lowest BCUT2D eigenvalue weighted by Crippen LogP contribution is -1.99. The summed E-state index contributed by atoms with van der Waals surface area (Å²) in [6.45, 7) is 11.2. The smallest absolute Gasteiger partial charge is 0.0438 e. The van der Waals surface area contributed by atoms with Gasteiger partial charge in [0.2, 0.25) is 0 Å². The molecule has 0 heterocycles. The van der Waals surface area contributed by atoms with Gasteiger partial charge in [-0.1, -0.05) is 54.9 Å². The molecule has 13 heavy (non-hydrogen) atoms. The van der Waals surface area contributed by atoms with Gasteiger partial charge >= 0.3 is 0 Å². The van der Waals surface area contributed by atoms with Crippen LogP contribution < -0.4 is 0 Å². The van der Waals surface area contributed by atoms with Crippen molar-refractivity contribution in [3.05, 3.63) is 0 Å². The molecule has 0 nitrogen and oxygen atoms in total. The van der Waals surface area contributed by atoms with Crippen LogP contribution in [0.3, 0.4) is 0 Å². The molecule has 0 aromatic rings. The number of hydrogen-bond donors (Lipinski definition) is 0. The molecule has 0 saturated heterocycles. The fraction of sp³-hybridized carbons (Fsp3) is 1.00. The van der Waals surface area contributed by atoms with Crippen LogP contribution in [0.5, 0.6) is 0 Å². The standard InChI is InChI=1S/C10H20.C2H6.CH4/c1-8-4-5-9(2)7-10(3)6-8;1-2;/h8-10H,4-7H2,1-3H3;1-2H3;1H4. The molecule has 0 radical (unpaired) electrons. The first-order valence-corrected chi connectivity index (χ1v) is 5.68. The van der Waals surface area contributed by atoms with Crippen LogP contribution >= 0.6 is 0 Å². The van der Waals surface area contributed by atoms with Gasteiger partial charge in [-0.05, 0) is 30.6 Å². The Morgan fingerprint density at radius 1 is 0.692 bits per heavy atom. The first-order valence-electron chi connectivity index (χ1n) is 5.68. The van der Waals surface area contributed by atoms with E-state index in [9.17, 15) is 0 Å². The fourth-order valence-electron chi connectivity index (χ4n) is 2.27. The number of rotatable bonds is 0. The maximum absolute atomic E-state index is 2.40. The highest BCUT2D eigenvalue weighted by molar-refractivity contribution is 4.69. The summed E-state index contributed by atoms with van der Waals surface area (Å²) in [7, 11) is 0. The molecule has 1 aliphatic rings. The van der Waals surface area contributed by atoms with Crippen LogP contribution in [0.2, 0.25) is 0 Å². The quantitative estimate of drug-likeness (QED) is 0.460. The van der Waals surface area contributed by atoms with E-state index in [2.05, 4.69) is 20.8 Å². The van der Waals surface area contributed by atoms with E-state index >= 15 is 0 Å². The summed E-state index contributed by atoms with van der Waals surface area (Å²) in [5, 5.41) is 0. The van der Waals surface area contributed by atoms with E-state index in [0.29, 0.717) is 0 Å². The van der Waals surface area contributed by atoms with Gasteiger partial charge < -0.3 is 0 Å². The maximum Gasteiger partial charge on any atom is -0.0438 e. The molecule has 0 aromatic carbocycles. The molecule has 0 spiro atoms. The van der Waals surface area contributed by atoms with Crippen molar-refractivity contribution in [1.82, 2.24) is 0 Å². The zero-order valence-corrected chi connectivity index (χ0v) is 9.56. The largest absolute Gasteiger partial charge is 0.0776 e. The molecule has 0 N–H and O–H groups in total. The summed E-state index contributed by atoms with van der Waals surface area (Å²) < 4.78 is 0. The third kappa shape index (κ3) is 7.10. The second-order valence-electron chi connectivity index (χ2n) is 4.36. The van der Waals surface area contributed by atoms with Crippen molar-refractivity contribution < 1.29 is 0 Å². The third-order valence-electron chi connectivity index (χ3n) is 2.76. The van der Waals surface area contributed by atoms with Crippen molar-refractivity contribution in [1.29, 1.82) is 0 Å². The van der Waals surface area contributed by atoms with E-state index < -0.39 is 0 Å². The van der Waals surface area contributed by atoms with Crippen LogP contribution in [0.25, 0.3) is 0 Å². The van der Waals surface area contributed by atoms with Crippen molar-refractivity contribution in [3.8, 4) is 0 Å². The molecule has 1 rings (SSSR count). The Morgan fingerprint density at radius 2 is 1.00 bits per heavy atom. The van der Waals surface area contributed by atoms with E-state index in [-0.39, 0.29) is 7.43 Å². The van der Waals surface area contributed by atoms with Gasteiger partial charge in [0.25, 0.3) is 0 Å². The normalized spacial score (nSPS) is 33.5. The highest BCUT2D eigenvalue weighted by Crippen LogP contribution is 2.30. The first kappa shape index (κ1) is 15.5. The molecule has 2 unspecified atom stereocenters. The number of hydrogen-bond acceptors (Lipinski definition) is 0. The minimum absolute atomic E-state index is 0. The Hall–Kier alpha value is 0. The van der Waals surface area contributed by atoms with Crippen LogP contribution in [0.4, 0.5) is 0 Å². The molecular formula is C13H30. The topological polar surface area (TPSA) is 0 Å². The van der Waals surface area contributed by atoms with E-state index in [1.54, 1.807) is 0 Å². The second kappa shape index (κ2) is 8.59. The molecule has 0 amide bonds. The Balaban J connectivity index is 0. The molecule has 1 fully saturated rings. The van der Waals surface area contributed by atoms with Crippen molar-refractivity contribution in [2.45, 2.75) is 67.7 Å². The van der Waals surface area contributed by atoms with Crippen LogP contribution in [0.15, 0.2) is 0 Å². The van der Waals surface area contributed by atoms with Crippen molar-refractivity contribution in [2.75, 3.05) is 0 Å². The Labute approximate surface area is 86.1 Å². The molecule has 82 valence electrons. The second-order valence-corrected chi connectivity index (χ2v) is 4.36. The Bertz CT molecular complexity index is 84.2. The summed E-state index contributed by atoms with van der Waals surface area (Å²) in [5.74, 6) is 2.95. The summed E-state index contributed by atoms with van der Waals surface area (Å²) in [6.07, 6.45) is 5.85. The van der Waals surface area contributed by atoms with E-state index in [1.165, 1.54) is 25.7 Å². The van der Waals surface area contributed by atoms with Gasteiger partial charge in [0, 0.05) is 0 Å². The van der Waals surface area contributed by atoms with Gasteiger partial charge in [0.1, 0.15) is 0 Å². The summed E-state index contributed by atoms with van der Waals surface area (Å²) in [4.78, 5) is 0. The Morgan fingerprint density at radius 3 is 1.31 bits per heavy atom. The lowest BCUT2D eigenvalue weighted by atomic mass is 9.95. The molecular weight excluding hydrogens is 156 g/mol. The summed E-state index contributed by atoms with van der Waals surface area (Å²) in [6, 6.07) is 0. The molecule has 2 atom stereocenters. The molecule has 1 saturated carbocycles. The van der Waals surface area contributed by atoms with Gasteiger partial charge in [-0.25, -0.2) is 0 Å². The van der Waals surface area contributed by atoms with Crippen molar-refractivity contribution in [2.24, 2.45) is 17.8 Å². The zero-order chi connectivity index (χ0) is 9.56. The van der Waals surface area contributed by atoms with Gasteiger partial charge in [0.15, 0.2) is 0 Å². The highest BCUT2D eigenvalue weighted by Gasteiger charge is 2.17. The first-order chi connectivity index (χ1) is 5.68. The van der Waals surface area contributed by atoms with E-state index in [4.69, 9.17) is 0 Å². The minimum Gasteiger partial charge on any atom is -0.0776 e. The van der Waals surface area contributed by atoms with Crippen LogP contribution in [0.1, 0.15) is 67.7 Å². The lowest BCUT2D eigenvalue weighted by Gasteiger charge is -2.11. The third-order valence-corrected chi connectivity index (χ3v) is 2.76. The summed E-state index contributed by atoms with van der Waals surface area (Å²) in [5.41, 5.74) is 0. The van der Waals surface area contributed by atoms with Gasteiger partial charge in [-0.3, -0.25) is 0 Å². The maximum atomic E-state index is 2.40. The molecule has 0 heteroatoms. The molecule has 0 aliphatic heterocycles. The van der Waals surface area contributed by atoms with E-state index in [1.807, 2.05) is 13.8 Å². The SMILES string of the molecule is C.CC.CC1CCC(C)CC(C)C1. The van der Waals surface area contributed by atoms with Crippen molar-refractivity contribution >= 4 is 0 Å². The Kier molecular flexibility index (Phi) is 10.2. The predicted molar refractivity (Wildman–Crippen MR) is 64.0 cm³/mol. The monoisotopic (exact) mass is 186 g/mol. The van der Waals surface area contributed by atoms with Gasteiger partial charge in [-0.15, -0.1) is 0 Å². The molecule has 1 aliphatic carbocycles. The lowest BCUT2D eigenvalue weighted by molar-refractivity contribution is 0.404. The fourth-order valence-corrected chi connectivity index (χ4v) is 2.27. The van der Waals surface area contributed by atoms with Gasteiger partial charge in [-0.2, -0.15) is 0 Å². The zero-order valence-electron chi connectivity index (χ0n) is 9.56. The highest BCUT2D eigenvalue weighted by atomic mass is 14.2. The van der Waals surface area contributed by atoms with Crippen LogP contribution in [0, 0.1) is 17.8 Å². The predicted octanol–water partition coefficient (Wildman–Crippen LogP) is 5.13. The average molecular weight is 186 g/mol.